The molecule has 2 nitrogen and oxygen atoms in total. The van der Waals surface area contributed by atoms with E-state index in [1.165, 1.54) is 12.1 Å². The van der Waals surface area contributed by atoms with Crippen LogP contribution in [0.4, 0.5) is 13.2 Å². The molecule has 0 radical (unpaired) electrons. The molecule has 1 aromatic carbocycles. The Balaban J connectivity index is 0.00000200. The Bertz CT molecular complexity index is 425. The maximum Gasteiger partial charge on any atom is 0.416 e. The van der Waals surface area contributed by atoms with E-state index in [-0.39, 0.29) is 18.4 Å². The normalized spacial score (nSPS) is 18.1. The molecular formula is C14H18ClF3N2. The molecule has 112 valence electrons. The third-order valence-corrected chi connectivity index (χ3v) is 3.35. The molecule has 1 N–H and O–H groups in total. The van der Waals surface area contributed by atoms with E-state index in [1.54, 1.807) is 6.08 Å². The smallest absolute Gasteiger partial charge is 0.314 e. The predicted octanol–water partition coefficient (Wildman–Crippen LogP) is 3.26. The van der Waals surface area contributed by atoms with E-state index in [2.05, 4.69) is 16.8 Å². The number of hydrogen-bond acceptors (Lipinski definition) is 2. The van der Waals surface area contributed by atoms with Crippen molar-refractivity contribution in [3.8, 4) is 0 Å². The van der Waals surface area contributed by atoms with Gasteiger partial charge in [-0.3, -0.25) is 4.90 Å². The van der Waals surface area contributed by atoms with Crippen LogP contribution < -0.4 is 5.32 Å². The first-order valence-corrected chi connectivity index (χ1v) is 6.27. The van der Waals surface area contributed by atoms with Gasteiger partial charge in [0.05, 0.1) is 11.6 Å². The van der Waals surface area contributed by atoms with Gasteiger partial charge in [0.1, 0.15) is 0 Å². The summed E-state index contributed by atoms with van der Waals surface area (Å²) in [6.07, 6.45) is -2.49. The van der Waals surface area contributed by atoms with Crippen molar-refractivity contribution in [3.05, 3.63) is 48.0 Å². The lowest BCUT2D eigenvalue weighted by Crippen LogP contribution is -2.44. The summed E-state index contributed by atoms with van der Waals surface area (Å²) in [5.74, 6) is 0. The second-order valence-electron chi connectivity index (χ2n) is 4.59. The van der Waals surface area contributed by atoms with Crippen LogP contribution in [0.5, 0.6) is 0 Å². The number of halogens is 4. The largest absolute Gasteiger partial charge is 0.416 e. The van der Waals surface area contributed by atoms with Crippen molar-refractivity contribution >= 4 is 12.4 Å². The van der Waals surface area contributed by atoms with Crippen LogP contribution in [0.15, 0.2) is 36.9 Å². The molecular weight excluding hydrogens is 289 g/mol. The molecule has 0 amide bonds. The molecule has 1 atom stereocenters. The molecule has 0 aliphatic carbocycles. The third-order valence-electron chi connectivity index (χ3n) is 3.35. The fourth-order valence-electron chi connectivity index (χ4n) is 2.33. The summed E-state index contributed by atoms with van der Waals surface area (Å²) in [5, 5.41) is 3.25. The van der Waals surface area contributed by atoms with Crippen LogP contribution in [0, 0.1) is 0 Å². The number of nitrogens with one attached hydrogen (secondary N) is 1. The van der Waals surface area contributed by atoms with E-state index in [9.17, 15) is 13.2 Å². The Morgan fingerprint density at radius 2 is 1.70 bits per heavy atom. The SMILES string of the molecule is C=C[C@H](c1ccc(C(F)(F)F)cc1)N1CCNCC1.Cl. The van der Waals surface area contributed by atoms with Gasteiger partial charge < -0.3 is 5.32 Å². The minimum atomic E-state index is -4.28. The molecule has 0 unspecified atom stereocenters. The van der Waals surface area contributed by atoms with Crippen molar-refractivity contribution in [1.82, 2.24) is 10.2 Å². The Morgan fingerprint density at radius 1 is 1.15 bits per heavy atom. The minimum absolute atomic E-state index is 0. The van der Waals surface area contributed by atoms with Gasteiger partial charge in [-0.05, 0) is 17.7 Å². The first-order chi connectivity index (χ1) is 9.02. The molecule has 1 aliphatic rings. The number of hydrogen-bond donors (Lipinski definition) is 1. The zero-order valence-electron chi connectivity index (χ0n) is 11.0. The van der Waals surface area contributed by atoms with Crippen LogP contribution in [0.3, 0.4) is 0 Å². The van der Waals surface area contributed by atoms with Crippen LogP contribution in [-0.4, -0.2) is 31.1 Å². The van der Waals surface area contributed by atoms with E-state index in [4.69, 9.17) is 0 Å². The van der Waals surface area contributed by atoms with Crippen LogP contribution in [0.25, 0.3) is 0 Å². The van der Waals surface area contributed by atoms with Crippen LogP contribution in [-0.2, 0) is 6.18 Å². The van der Waals surface area contributed by atoms with Crippen molar-refractivity contribution in [2.75, 3.05) is 26.2 Å². The molecule has 0 bridgehead atoms. The number of piperazine rings is 1. The van der Waals surface area contributed by atoms with Gasteiger partial charge in [0.2, 0.25) is 0 Å². The lowest BCUT2D eigenvalue weighted by atomic mass is 10.0. The molecule has 1 fully saturated rings. The molecule has 0 aromatic heterocycles. The Kier molecular flexibility index (Phi) is 6.05. The highest BCUT2D eigenvalue weighted by atomic mass is 35.5. The molecule has 1 heterocycles. The molecule has 1 aromatic rings. The van der Waals surface area contributed by atoms with Crippen molar-refractivity contribution in [1.29, 1.82) is 0 Å². The molecule has 0 spiro atoms. The third kappa shape index (κ3) is 3.98. The number of alkyl halides is 3. The second kappa shape index (κ2) is 7.11. The summed E-state index contributed by atoms with van der Waals surface area (Å²) in [4.78, 5) is 2.21. The average molecular weight is 307 g/mol. The van der Waals surface area contributed by atoms with E-state index < -0.39 is 11.7 Å². The summed E-state index contributed by atoms with van der Waals surface area (Å²) < 4.78 is 37.6. The van der Waals surface area contributed by atoms with Crippen molar-refractivity contribution in [2.45, 2.75) is 12.2 Å². The van der Waals surface area contributed by atoms with Gasteiger partial charge in [0.15, 0.2) is 0 Å². The molecule has 1 saturated heterocycles. The summed E-state index contributed by atoms with van der Waals surface area (Å²) in [6, 6.07) is 5.32. The van der Waals surface area contributed by atoms with Gasteiger partial charge in [-0.1, -0.05) is 18.2 Å². The van der Waals surface area contributed by atoms with Crippen LogP contribution >= 0.6 is 12.4 Å². The van der Waals surface area contributed by atoms with Crippen LogP contribution in [0.2, 0.25) is 0 Å². The van der Waals surface area contributed by atoms with E-state index in [0.29, 0.717) is 0 Å². The fourth-order valence-corrected chi connectivity index (χ4v) is 2.33. The van der Waals surface area contributed by atoms with Gasteiger partial charge >= 0.3 is 6.18 Å². The zero-order chi connectivity index (χ0) is 13.9. The van der Waals surface area contributed by atoms with Gasteiger partial charge in [-0.25, -0.2) is 0 Å². The number of benzene rings is 1. The Morgan fingerprint density at radius 3 is 2.15 bits per heavy atom. The van der Waals surface area contributed by atoms with E-state index >= 15 is 0 Å². The summed E-state index contributed by atoms with van der Waals surface area (Å²) in [6.45, 7) is 7.33. The van der Waals surface area contributed by atoms with Gasteiger partial charge in [0, 0.05) is 26.2 Å². The molecule has 6 heteroatoms. The van der Waals surface area contributed by atoms with Gasteiger partial charge in [-0.2, -0.15) is 13.2 Å². The van der Waals surface area contributed by atoms with E-state index in [0.717, 1.165) is 43.9 Å². The quantitative estimate of drug-likeness (QED) is 0.862. The number of nitrogens with zero attached hydrogens (tertiary/aromatic N) is 1. The molecule has 0 saturated carbocycles. The fraction of sp³-hybridized carbons (Fsp3) is 0.429. The van der Waals surface area contributed by atoms with Crippen molar-refractivity contribution in [2.24, 2.45) is 0 Å². The molecule has 1 aliphatic heterocycles. The highest BCUT2D eigenvalue weighted by Crippen LogP contribution is 2.31. The summed E-state index contributed by atoms with van der Waals surface area (Å²) in [7, 11) is 0. The lowest BCUT2D eigenvalue weighted by molar-refractivity contribution is -0.137. The highest BCUT2D eigenvalue weighted by Gasteiger charge is 2.30. The topological polar surface area (TPSA) is 15.3 Å². The maximum atomic E-state index is 12.5. The molecule has 20 heavy (non-hydrogen) atoms. The summed E-state index contributed by atoms with van der Waals surface area (Å²) in [5.41, 5.74) is 0.240. The van der Waals surface area contributed by atoms with Crippen LogP contribution in [0.1, 0.15) is 17.2 Å². The highest BCUT2D eigenvalue weighted by molar-refractivity contribution is 5.85. The van der Waals surface area contributed by atoms with E-state index in [1.807, 2.05) is 0 Å². The summed E-state index contributed by atoms with van der Waals surface area (Å²) >= 11 is 0. The lowest BCUT2D eigenvalue weighted by Gasteiger charge is -2.33. The average Bonchev–Trinajstić information content (AvgIpc) is 2.40. The van der Waals surface area contributed by atoms with Crippen molar-refractivity contribution < 1.29 is 13.2 Å². The second-order valence-corrected chi connectivity index (χ2v) is 4.59. The monoisotopic (exact) mass is 306 g/mol. The first kappa shape index (κ1) is 17.0. The maximum absolute atomic E-state index is 12.5. The van der Waals surface area contributed by atoms with Gasteiger partial charge in [0.25, 0.3) is 0 Å². The zero-order valence-corrected chi connectivity index (χ0v) is 11.8. The van der Waals surface area contributed by atoms with Gasteiger partial charge in [-0.15, -0.1) is 19.0 Å². The Labute approximate surface area is 123 Å². The predicted molar refractivity (Wildman–Crippen MR) is 76.1 cm³/mol. The minimum Gasteiger partial charge on any atom is -0.314 e. The number of rotatable bonds is 3. The first-order valence-electron chi connectivity index (χ1n) is 6.27. The van der Waals surface area contributed by atoms with Crippen molar-refractivity contribution in [3.63, 3.8) is 0 Å². The Hall–Kier alpha value is -1.04. The standard InChI is InChI=1S/C14H17F3N2.ClH/c1-2-13(19-9-7-18-8-10-19)11-3-5-12(6-4-11)14(15,16)17;/h2-6,13,18H,1,7-10H2;1H/t13-;/m1./s1. The molecule has 2 rings (SSSR count).